The molecule has 2 heterocycles. The minimum Gasteiger partial charge on any atom is -1.00 e. The smallest absolute Gasteiger partial charge is 0.277 e. The number of aliphatic hydroxyl groups is 2. The summed E-state index contributed by atoms with van der Waals surface area (Å²) in [4.78, 5) is 35.1. The third-order valence-corrected chi connectivity index (χ3v) is 5.89. The third kappa shape index (κ3) is 6.57. The maximum atomic E-state index is 13.1. The van der Waals surface area contributed by atoms with Crippen LogP contribution in [0.25, 0.3) is 11.0 Å². The third-order valence-electron chi connectivity index (χ3n) is 5.62. The minimum atomic E-state index is -0.618. The van der Waals surface area contributed by atoms with Crippen molar-refractivity contribution in [2.75, 3.05) is 44.9 Å². The lowest BCUT2D eigenvalue weighted by atomic mass is 10.3. The summed E-state index contributed by atoms with van der Waals surface area (Å²) in [6.45, 7) is 2.09. The summed E-state index contributed by atoms with van der Waals surface area (Å²) in [5, 5.41) is 21.3. The number of halogens is 2. The molecule has 37 heavy (non-hydrogen) atoms. The van der Waals surface area contributed by atoms with Crippen molar-refractivity contribution in [3.63, 3.8) is 0 Å². The van der Waals surface area contributed by atoms with Gasteiger partial charge in [0.25, 0.3) is 17.6 Å². The highest BCUT2D eigenvalue weighted by Gasteiger charge is 2.29. The second-order valence-corrected chi connectivity index (χ2v) is 8.10. The number of nitrogens with two attached hydrogens (primary N) is 2. The van der Waals surface area contributed by atoms with Crippen molar-refractivity contribution in [1.82, 2.24) is 24.8 Å². The van der Waals surface area contributed by atoms with Crippen LogP contribution in [0.3, 0.4) is 0 Å². The molecule has 3 aromatic rings. The summed E-state index contributed by atoms with van der Waals surface area (Å²) in [7, 11) is 1.56. The molecule has 0 saturated carbocycles. The molecular weight excluding hydrogens is 572 g/mol. The molecule has 0 saturated heterocycles. The molecule has 0 fully saturated rings. The number of imidazole rings is 1. The van der Waals surface area contributed by atoms with E-state index in [1.165, 1.54) is 4.90 Å². The van der Waals surface area contributed by atoms with Crippen LogP contribution >= 0.6 is 11.6 Å². The van der Waals surface area contributed by atoms with Gasteiger partial charge in [0.2, 0.25) is 0 Å². The summed E-state index contributed by atoms with van der Waals surface area (Å²) in [5.41, 5.74) is 12.8. The van der Waals surface area contributed by atoms with Crippen LogP contribution in [0.15, 0.2) is 18.2 Å². The molecule has 0 aliphatic carbocycles. The predicted octanol–water partition coefficient (Wildman–Crippen LogP) is -3.69. The highest BCUT2D eigenvalue weighted by molar-refractivity contribution is 6.31. The Morgan fingerprint density at radius 3 is 2.46 bits per heavy atom. The number of amides is 2. The Morgan fingerprint density at radius 2 is 1.86 bits per heavy atom. The zero-order valence-corrected chi connectivity index (χ0v) is 22.8. The number of nitrogens with zero attached hydrogens (tertiary/aromatic N) is 5. The van der Waals surface area contributed by atoms with Gasteiger partial charge >= 0.3 is 0 Å². The van der Waals surface area contributed by atoms with E-state index in [4.69, 9.17) is 27.8 Å². The lowest BCUT2D eigenvalue weighted by Gasteiger charge is -2.20. The number of nitrogens with one attached hydrogen (secondary N) is 1. The maximum Gasteiger partial charge on any atom is 0.277 e. The number of nitrogen functional groups attached to an aromatic ring is 2. The molecule has 2 aromatic heterocycles. The van der Waals surface area contributed by atoms with Crippen molar-refractivity contribution < 1.29 is 46.1 Å². The Hall–Kier alpha value is -3.20. The number of aliphatic hydroxyl groups excluding tert-OH is 2. The monoisotopic (exact) mass is 600 g/mol. The number of aromatic nitrogens is 4. The largest absolute Gasteiger partial charge is 1.00 e. The van der Waals surface area contributed by atoms with Crippen LogP contribution in [0.2, 0.25) is 5.15 Å². The summed E-state index contributed by atoms with van der Waals surface area (Å²) in [6.07, 6.45) is 0. The Kier molecular flexibility index (Phi) is 10.9. The average Bonchev–Trinajstić information content (AvgIpc) is 3.15. The fourth-order valence-corrected chi connectivity index (χ4v) is 4.03. The van der Waals surface area contributed by atoms with Gasteiger partial charge in [-0.3, -0.25) is 9.59 Å². The van der Waals surface area contributed by atoms with Crippen LogP contribution in [0.5, 0.6) is 5.75 Å². The van der Waals surface area contributed by atoms with E-state index in [-0.39, 0.29) is 84.8 Å². The summed E-state index contributed by atoms with van der Waals surface area (Å²) < 4.78 is 9.08. The number of carbonyl (C=O) groups excluding carboxylic acids is 2. The molecule has 0 aliphatic rings. The van der Waals surface area contributed by atoms with E-state index < -0.39 is 5.91 Å². The van der Waals surface area contributed by atoms with E-state index in [1.54, 1.807) is 17.7 Å². The molecule has 0 spiro atoms. The standard InChI is InChI=1S/C22H29ClN8O5.BrH/c1-3-30-15-10-13(36-2)4-5-14(15)31(12-17(34)29(6-8-32)7-9-33)16(30)11-26-22(35)18-20(24)28-21(25)19(23)27-18;/h4-5,10,32-33H,3,6-9,11-12H2,1-2H3,(H4-,24,25,26,28,35);1H. The first-order valence-corrected chi connectivity index (χ1v) is 11.6. The number of rotatable bonds is 11. The zero-order valence-electron chi connectivity index (χ0n) is 20.4. The number of carbonyl (C=O) groups is 2. The van der Waals surface area contributed by atoms with Crippen LogP contribution in [0, 0.1) is 0 Å². The van der Waals surface area contributed by atoms with Crippen molar-refractivity contribution >= 4 is 46.1 Å². The number of methoxy groups -OCH3 is 1. The number of benzene rings is 1. The zero-order chi connectivity index (χ0) is 26.4. The van der Waals surface area contributed by atoms with Gasteiger partial charge < -0.3 is 53.6 Å². The summed E-state index contributed by atoms with van der Waals surface area (Å²) in [6, 6.07) is 5.44. The van der Waals surface area contributed by atoms with E-state index in [1.807, 2.05) is 23.6 Å². The number of ether oxygens (including phenoxy) is 1. The SMILES string of the molecule is CCn1c(CNC(=O)c2nc(Cl)c(N)nc2N)[n+](CC(=O)N(CCO)CCO)c2ccc(OC)cc21.[Br-]. The van der Waals surface area contributed by atoms with E-state index in [0.29, 0.717) is 18.1 Å². The van der Waals surface area contributed by atoms with Crippen LogP contribution in [-0.2, 0) is 24.4 Å². The van der Waals surface area contributed by atoms with Crippen molar-refractivity contribution in [2.24, 2.45) is 0 Å². The quantitative estimate of drug-likeness (QED) is 0.138. The molecular formula is C22H30BrClN8O5. The molecule has 15 heteroatoms. The molecule has 0 aliphatic heterocycles. The van der Waals surface area contributed by atoms with Crippen LogP contribution < -0.4 is 43.1 Å². The van der Waals surface area contributed by atoms with Crippen molar-refractivity contribution in [3.05, 3.63) is 34.9 Å². The molecule has 0 radical (unpaired) electrons. The van der Waals surface area contributed by atoms with Crippen molar-refractivity contribution in [2.45, 2.75) is 26.6 Å². The van der Waals surface area contributed by atoms with Gasteiger partial charge in [0, 0.05) is 19.2 Å². The van der Waals surface area contributed by atoms with Gasteiger partial charge in [-0.25, -0.2) is 19.1 Å². The van der Waals surface area contributed by atoms with Gasteiger partial charge in [0.05, 0.1) is 26.9 Å². The predicted molar refractivity (Wildman–Crippen MR) is 132 cm³/mol. The molecule has 0 unspecified atom stereocenters. The highest BCUT2D eigenvalue weighted by atomic mass is 79.9. The second kappa shape index (κ2) is 13.4. The number of fused-ring (bicyclic) bond motifs is 1. The van der Waals surface area contributed by atoms with Crippen molar-refractivity contribution in [1.29, 1.82) is 0 Å². The first-order chi connectivity index (χ1) is 17.2. The van der Waals surface area contributed by atoms with E-state index in [0.717, 1.165) is 11.0 Å². The Labute approximate surface area is 228 Å². The van der Waals surface area contributed by atoms with Gasteiger partial charge in [-0.15, -0.1) is 0 Å². The Balaban J connectivity index is 0.00000481. The molecule has 13 nitrogen and oxygen atoms in total. The average molecular weight is 602 g/mol. The van der Waals surface area contributed by atoms with Gasteiger partial charge in [-0.1, -0.05) is 11.6 Å². The molecule has 7 N–H and O–H groups in total. The first kappa shape index (κ1) is 30.0. The van der Waals surface area contributed by atoms with Gasteiger partial charge in [0.1, 0.15) is 12.3 Å². The number of anilines is 2. The Bertz CT molecular complexity index is 1270. The minimum absolute atomic E-state index is 0. The van der Waals surface area contributed by atoms with E-state index in [2.05, 4.69) is 15.3 Å². The molecule has 202 valence electrons. The lowest BCUT2D eigenvalue weighted by Crippen LogP contribution is -3.00. The number of aryl methyl sites for hydroxylation is 1. The first-order valence-electron chi connectivity index (χ1n) is 11.2. The summed E-state index contributed by atoms with van der Waals surface area (Å²) in [5.74, 6) is 0.0721. The second-order valence-electron chi connectivity index (χ2n) is 7.75. The maximum absolute atomic E-state index is 13.1. The van der Waals surface area contributed by atoms with Gasteiger partial charge in [0.15, 0.2) is 40.1 Å². The fourth-order valence-electron chi connectivity index (χ4n) is 3.91. The molecule has 0 bridgehead atoms. The van der Waals surface area contributed by atoms with Crippen LogP contribution in [0.4, 0.5) is 11.6 Å². The molecule has 1 aromatic carbocycles. The molecule has 0 atom stereocenters. The fraction of sp³-hybridized carbons (Fsp3) is 0.409. The van der Waals surface area contributed by atoms with Crippen LogP contribution in [-0.4, -0.2) is 74.9 Å². The van der Waals surface area contributed by atoms with Gasteiger partial charge in [-0.2, -0.15) is 0 Å². The number of hydrogen-bond donors (Lipinski definition) is 5. The highest BCUT2D eigenvalue weighted by Crippen LogP contribution is 2.22. The lowest BCUT2D eigenvalue weighted by molar-refractivity contribution is -0.668. The van der Waals surface area contributed by atoms with E-state index in [9.17, 15) is 19.8 Å². The van der Waals surface area contributed by atoms with Crippen LogP contribution in [0.1, 0.15) is 23.2 Å². The molecule has 2 amide bonds. The normalized spacial score (nSPS) is 10.7. The Morgan fingerprint density at radius 1 is 1.19 bits per heavy atom. The van der Waals surface area contributed by atoms with Crippen molar-refractivity contribution in [3.8, 4) is 5.75 Å². The van der Waals surface area contributed by atoms with E-state index >= 15 is 0 Å². The summed E-state index contributed by atoms with van der Waals surface area (Å²) >= 11 is 5.91. The number of hydrogen-bond acceptors (Lipinski definition) is 9. The van der Waals surface area contributed by atoms with Gasteiger partial charge in [-0.05, 0) is 19.1 Å². The molecule has 3 rings (SSSR count). The topological polar surface area (TPSA) is 186 Å².